The monoisotopic (exact) mass is 438 g/mol. The largest absolute Gasteiger partial charge is 0.495 e. The molecule has 1 aromatic heterocycles. The van der Waals surface area contributed by atoms with Crippen LogP contribution in [-0.4, -0.2) is 39.2 Å². The summed E-state index contributed by atoms with van der Waals surface area (Å²) in [5, 5.41) is 3.86. The number of aryl methyl sites for hydroxylation is 1. The lowest BCUT2D eigenvalue weighted by Crippen LogP contribution is -2.39. The molecule has 1 N–H and O–H groups in total. The number of nitrogens with zero attached hydrogens (tertiary/aromatic N) is 3. The van der Waals surface area contributed by atoms with Crippen molar-refractivity contribution in [2.75, 3.05) is 18.0 Å². The molecule has 0 radical (unpaired) electrons. The van der Waals surface area contributed by atoms with Gasteiger partial charge < -0.3 is 4.74 Å². The molecular weight excluding hydrogens is 416 g/mol. The van der Waals surface area contributed by atoms with Crippen molar-refractivity contribution < 1.29 is 17.9 Å². The molecule has 9 heteroatoms. The van der Waals surface area contributed by atoms with Crippen LogP contribution in [0.5, 0.6) is 5.75 Å². The number of carbonyl (C=O) groups is 1. The van der Waals surface area contributed by atoms with Gasteiger partial charge in [0.1, 0.15) is 12.3 Å². The predicted octanol–water partition coefficient (Wildman–Crippen LogP) is 2.74. The summed E-state index contributed by atoms with van der Waals surface area (Å²) in [5.74, 6) is -0.295. The highest BCUT2D eigenvalue weighted by Gasteiger charge is 2.29. The van der Waals surface area contributed by atoms with Crippen LogP contribution in [0.25, 0.3) is 0 Å². The second-order valence-corrected chi connectivity index (χ2v) is 8.41. The lowest BCUT2D eigenvalue weighted by molar-refractivity contribution is -0.119. The number of hydrazone groups is 1. The SMILES string of the molecule is COc1ccccc1N(CC(=O)N/N=C\c1ccccn1)S(=O)(=O)c1ccc(C)cc1. The smallest absolute Gasteiger partial charge is 0.264 e. The first kappa shape index (κ1) is 22.0. The first-order valence-electron chi connectivity index (χ1n) is 9.37. The van der Waals surface area contributed by atoms with E-state index in [1.807, 2.05) is 6.92 Å². The van der Waals surface area contributed by atoms with Gasteiger partial charge >= 0.3 is 0 Å². The molecule has 0 fully saturated rings. The fraction of sp³-hybridized carbons (Fsp3) is 0.136. The van der Waals surface area contributed by atoms with Crippen LogP contribution in [0, 0.1) is 6.92 Å². The van der Waals surface area contributed by atoms with Gasteiger partial charge in [0.2, 0.25) is 0 Å². The average molecular weight is 439 g/mol. The molecule has 0 saturated carbocycles. The van der Waals surface area contributed by atoms with Gasteiger partial charge in [-0.2, -0.15) is 5.10 Å². The molecule has 0 atom stereocenters. The highest BCUT2D eigenvalue weighted by molar-refractivity contribution is 7.92. The van der Waals surface area contributed by atoms with Gasteiger partial charge in [0.05, 0.1) is 29.6 Å². The van der Waals surface area contributed by atoms with E-state index in [1.54, 1.807) is 60.8 Å². The van der Waals surface area contributed by atoms with Crippen LogP contribution in [0.4, 0.5) is 5.69 Å². The summed E-state index contributed by atoms with van der Waals surface area (Å²) in [6.45, 7) is 1.37. The van der Waals surface area contributed by atoms with E-state index in [4.69, 9.17) is 4.74 Å². The number of hydrogen-bond donors (Lipinski definition) is 1. The van der Waals surface area contributed by atoms with E-state index in [9.17, 15) is 13.2 Å². The third-order valence-corrected chi connectivity index (χ3v) is 6.10. The molecule has 1 amide bonds. The summed E-state index contributed by atoms with van der Waals surface area (Å²) in [6.07, 6.45) is 2.97. The summed E-state index contributed by atoms with van der Waals surface area (Å²) >= 11 is 0. The highest BCUT2D eigenvalue weighted by atomic mass is 32.2. The van der Waals surface area contributed by atoms with Gasteiger partial charge in [-0.1, -0.05) is 35.9 Å². The van der Waals surface area contributed by atoms with Crippen molar-refractivity contribution in [2.24, 2.45) is 5.10 Å². The Balaban J connectivity index is 1.90. The number of carbonyl (C=O) groups excluding carboxylic acids is 1. The van der Waals surface area contributed by atoms with Crippen LogP contribution in [0.2, 0.25) is 0 Å². The van der Waals surface area contributed by atoms with E-state index in [0.717, 1.165) is 9.87 Å². The normalized spacial score (nSPS) is 11.3. The summed E-state index contributed by atoms with van der Waals surface area (Å²) in [4.78, 5) is 16.7. The number of nitrogens with one attached hydrogen (secondary N) is 1. The lowest BCUT2D eigenvalue weighted by Gasteiger charge is -2.25. The van der Waals surface area contributed by atoms with Crippen molar-refractivity contribution in [2.45, 2.75) is 11.8 Å². The van der Waals surface area contributed by atoms with Crippen LogP contribution in [0.3, 0.4) is 0 Å². The molecule has 0 aliphatic carbocycles. The Hall–Kier alpha value is -3.72. The zero-order valence-electron chi connectivity index (χ0n) is 17.1. The number of benzene rings is 2. The Bertz CT molecular complexity index is 1160. The van der Waals surface area contributed by atoms with Crippen LogP contribution < -0.4 is 14.5 Å². The fourth-order valence-corrected chi connectivity index (χ4v) is 4.19. The minimum absolute atomic E-state index is 0.0637. The van der Waals surface area contributed by atoms with Crippen molar-refractivity contribution in [3.05, 3.63) is 84.2 Å². The predicted molar refractivity (Wildman–Crippen MR) is 119 cm³/mol. The molecule has 3 aromatic rings. The number of aromatic nitrogens is 1. The van der Waals surface area contributed by atoms with E-state index < -0.39 is 22.5 Å². The minimum Gasteiger partial charge on any atom is -0.495 e. The molecule has 1 heterocycles. The summed E-state index contributed by atoms with van der Waals surface area (Å²) < 4.78 is 33.1. The number of para-hydroxylation sites is 2. The van der Waals surface area contributed by atoms with Crippen molar-refractivity contribution in [3.8, 4) is 5.75 Å². The number of methoxy groups -OCH3 is 1. The Kier molecular flexibility index (Phi) is 6.99. The van der Waals surface area contributed by atoms with Gasteiger partial charge in [-0.05, 0) is 43.3 Å². The zero-order valence-corrected chi connectivity index (χ0v) is 17.9. The third kappa shape index (κ3) is 5.46. The van der Waals surface area contributed by atoms with Crippen LogP contribution in [-0.2, 0) is 14.8 Å². The molecule has 2 aromatic carbocycles. The van der Waals surface area contributed by atoms with Crippen molar-refractivity contribution in [3.63, 3.8) is 0 Å². The molecule has 3 rings (SSSR count). The van der Waals surface area contributed by atoms with Gasteiger partial charge in [-0.15, -0.1) is 0 Å². The van der Waals surface area contributed by atoms with Crippen molar-refractivity contribution >= 4 is 27.8 Å². The fourth-order valence-electron chi connectivity index (χ4n) is 2.76. The van der Waals surface area contributed by atoms with E-state index in [2.05, 4.69) is 15.5 Å². The van der Waals surface area contributed by atoms with Gasteiger partial charge in [-0.3, -0.25) is 14.1 Å². The van der Waals surface area contributed by atoms with Crippen LogP contribution in [0.15, 0.2) is 82.9 Å². The van der Waals surface area contributed by atoms with Crippen molar-refractivity contribution in [1.29, 1.82) is 0 Å². The lowest BCUT2D eigenvalue weighted by atomic mass is 10.2. The maximum atomic E-state index is 13.4. The first-order chi connectivity index (χ1) is 14.9. The highest BCUT2D eigenvalue weighted by Crippen LogP contribution is 2.32. The first-order valence-corrected chi connectivity index (χ1v) is 10.8. The molecule has 0 saturated heterocycles. The van der Waals surface area contributed by atoms with E-state index in [-0.39, 0.29) is 10.6 Å². The van der Waals surface area contributed by atoms with E-state index in [1.165, 1.54) is 25.5 Å². The van der Waals surface area contributed by atoms with Crippen molar-refractivity contribution in [1.82, 2.24) is 10.4 Å². The maximum absolute atomic E-state index is 13.4. The Morgan fingerprint density at radius 1 is 1.10 bits per heavy atom. The summed E-state index contributed by atoms with van der Waals surface area (Å²) in [6, 6.07) is 18.3. The third-order valence-electron chi connectivity index (χ3n) is 4.32. The Labute approximate surface area is 181 Å². The molecule has 0 spiro atoms. The number of rotatable bonds is 8. The van der Waals surface area contributed by atoms with Gasteiger partial charge in [-0.25, -0.2) is 13.8 Å². The maximum Gasteiger partial charge on any atom is 0.264 e. The molecule has 0 aliphatic rings. The number of ether oxygens (including phenoxy) is 1. The molecule has 31 heavy (non-hydrogen) atoms. The number of pyridine rings is 1. The Morgan fingerprint density at radius 3 is 2.48 bits per heavy atom. The zero-order chi connectivity index (χ0) is 22.3. The van der Waals surface area contributed by atoms with Gasteiger partial charge in [0.25, 0.3) is 15.9 Å². The Morgan fingerprint density at radius 2 is 1.81 bits per heavy atom. The number of sulfonamides is 1. The van der Waals surface area contributed by atoms with Crippen LogP contribution in [0.1, 0.15) is 11.3 Å². The molecule has 0 unspecified atom stereocenters. The summed E-state index contributed by atoms with van der Waals surface area (Å²) in [7, 11) is -2.61. The second kappa shape index (κ2) is 9.86. The molecule has 160 valence electrons. The quantitative estimate of drug-likeness (QED) is 0.431. The standard InChI is InChI=1S/C22H22N4O4S/c1-17-10-12-19(13-11-17)31(28,29)26(20-8-3-4-9-21(20)30-2)16-22(27)25-24-15-18-7-5-6-14-23-18/h3-15H,16H2,1-2H3,(H,25,27)/b24-15-. The summed E-state index contributed by atoms with van der Waals surface area (Å²) in [5.41, 5.74) is 4.06. The van der Waals surface area contributed by atoms with E-state index in [0.29, 0.717) is 11.4 Å². The minimum atomic E-state index is -4.05. The molecule has 0 bridgehead atoms. The average Bonchev–Trinajstić information content (AvgIpc) is 2.78. The van der Waals surface area contributed by atoms with E-state index >= 15 is 0 Å². The second-order valence-electron chi connectivity index (χ2n) is 6.54. The van der Waals surface area contributed by atoms with Gasteiger partial charge in [0, 0.05) is 6.20 Å². The van der Waals surface area contributed by atoms with Crippen LogP contribution >= 0.6 is 0 Å². The molecular formula is C22H22N4O4S. The number of amides is 1. The topological polar surface area (TPSA) is 101 Å². The molecule has 0 aliphatic heterocycles. The number of hydrogen-bond acceptors (Lipinski definition) is 6. The van der Waals surface area contributed by atoms with Gasteiger partial charge in [0.15, 0.2) is 0 Å². The molecule has 8 nitrogen and oxygen atoms in total. The number of anilines is 1.